The highest BCUT2D eigenvalue weighted by Gasteiger charge is 2.09. The SMILES string of the molecule is Cc1nc(CNc2nc(N)nc(-n3cncn3)n2)oc1C. The molecule has 0 saturated carbocycles. The number of nitrogens with two attached hydrogens (primary N) is 1. The second kappa shape index (κ2) is 5.15. The lowest BCUT2D eigenvalue weighted by Crippen LogP contribution is -2.11. The number of oxazole rings is 1. The Balaban J connectivity index is 1.79. The third kappa shape index (κ3) is 2.78. The summed E-state index contributed by atoms with van der Waals surface area (Å²) in [6.07, 6.45) is 2.85. The van der Waals surface area contributed by atoms with E-state index < -0.39 is 0 Å². The van der Waals surface area contributed by atoms with Crippen LogP contribution in [0.4, 0.5) is 11.9 Å². The molecular formula is C11H13N9O. The van der Waals surface area contributed by atoms with Crippen LogP contribution in [0.15, 0.2) is 17.1 Å². The van der Waals surface area contributed by atoms with Crippen LogP contribution >= 0.6 is 0 Å². The molecule has 3 N–H and O–H groups in total. The summed E-state index contributed by atoms with van der Waals surface area (Å²) in [7, 11) is 0. The van der Waals surface area contributed by atoms with Crippen molar-refractivity contribution in [1.82, 2.24) is 34.7 Å². The third-order valence-electron chi connectivity index (χ3n) is 2.74. The summed E-state index contributed by atoms with van der Waals surface area (Å²) in [5.41, 5.74) is 6.51. The molecule has 3 aromatic heterocycles. The molecule has 10 heteroatoms. The maximum Gasteiger partial charge on any atom is 0.258 e. The van der Waals surface area contributed by atoms with Gasteiger partial charge >= 0.3 is 0 Å². The highest BCUT2D eigenvalue weighted by atomic mass is 16.4. The molecule has 10 nitrogen and oxygen atoms in total. The number of nitrogens with zero attached hydrogens (tertiary/aromatic N) is 7. The van der Waals surface area contributed by atoms with Gasteiger partial charge in [-0.25, -0.2) is 9.97 Å². The number of hydrogen-bond donors (Lipinski definition) is 2. The van der Waals surface area contributed by atoms with E-state index >= 15 is 0 Å². The minimum absolute atomic E-state index is 0.0813. The number of hydrogen-bond acceptors (Lipinski definition) is 9. The van der Waals surface area contributed by atoms with Crippen molar-refractivity contribution in [2.24, 2.45) is 0 Å². The van der Waals surface area contributed by atoms with Crippen LogP contribution < -0.4 is 11.1 Å². The molecule has 0 spiro atoms. The molecule has 0 radical (unpaired) electrons. The number of aromatic nitrogens is 7. The van der Waals surface area contributed by atoms with E-state index in [4.69, 9.17) is 10.2 Å². The van der Waals surface area contributed by atoms with E-state index in [1.165, 1.54) is 17.3 Å². The second-order valence-electron chi connectivity index (χ2n) is 4.26. The fraction of sp³-hybridized carbons (Fsp3) is 0.273. The molecular weight excluding hydrogens is 274 g/mol. The lowest BCUT2D eigenvalue weighted by Gasteiger charge is -2.05. The smallest absolute Gasteiger partial charge is 0.258 e. The number of nitrogens with one attached hydrogen (secondary N) is 1. The van der Waals surface area contributed by atoms with Crippen LogP contribution in [0.2, 0.25) is 0 Å². The van der Waals surface area contributed by atoms with Crippen LogP contribution in [0.25, 0.3) is 5.95 Å². The third-order valence-corrected chi connectivity index (χ3v) is 2.74. The molecule has 108 valence electrons. The van der Waals surface area contributed by atoms with Crippen LogP contribution in [0.3, 0.4) is 0 Å². The molecule has 0 aromatic carbocycles. The maximum absolute atomic E-state index is 5.66. The van der Waals surface area contributed by atoms with E-state index in [9.17, 15) is 0 Å². The topological polar surface area (TPSA) is 133 Å². The Kier molecular flexibility index (Phi) is 3.18. The van der Waals surface area contributed by atoms with E-state index in [1.807, 2.05) is 13.8 Å². The number of anilines is 2. The summed E-state index contributed by atoms with van der Waals surface area (Å²) in [5.74, 6) is 2.00. The Bertz CT molecular complexity index is 730. The van der Waals surface area contributed by atoms with Gasteiger partial charge in [-0.2, -0.15) is 24.7 Å². The van der Waals surface area contributed by atoms with Crippen LogP contribution in [0.1, 0.15) is 17.3 Å². The van der Waals surface area contributed by atoms with E-state index in [1.54, 1.807) is 0 Å². The lowest BCUT2D eigenvalue weighted by atomic mass is 10.4. The van der Waals surface area contributed by atoms with Crippen molar-refractivity contribution in [2.75, 3.05) is 11.1 Å². The van der Waals surface area contributed by atoms with Crippen LogP contribution in [-0.4, -0.2) is 34.7 Å². The van der Waals surface area contributed by atoms with Crippen molar-refractivity contribution in [1.29, 1.82) is 0 Å². The van der Waals surface area contributed by atoms with Crippen molar-refractivity contribution < 1.29 is 4.42 Å². The second-order valence-corrected chi connectivity index (χ2v) is 4.26. The van der Waals surface area contributed by atoms with E-state index in [0.29, 0.717) is 18.4 Å². The maximum atomic E-state index is 5.66. The predicted molar refractivity (Wildman–Crippen MR) is 72.5 cm³/mol. The van der Waals surface area contributed by atoms with Gasteiger partial charge in [0, 0.05) is 0 Å². The van der Waals surface area contributed by atoms with Crippen molar-refractivity contribution in [3.8, 4) is 5.95 Å². The van der Waals surface area contributed by atoms with Gasteiger partial charge in [0.1, 0.15) is 18.4 Å². The molecule has 0 amide bonds. The van der Waals surface area contributed by atoms with Crippen molar-refractivity contribution in [3.63, 3.8) is 0 Å². The van der Waals surface area contributed by atoms with Gasteiger partial charge in [-0.05, 0) is 13.8 Å². The fourth-order valence-electron chi connectivity index (χ4n) is 1.64. The Labute approximate surface area is 119 Å². The number of aryl methyl sites for hydroxylation is 2. The average Bonchev–Trinajstić information content (AvgIpc) is 3.07. The van der Waals surface area contributed by atoms with Gasteiger partial charge in [0.25, 0.3) is 5.95 Å². The van der Waals surface area contributed by atoms with Crippen molar-refractivity contribution in [2.45, 2.75) is 20.4 Å². The predicted octanol–water partition coefficient (Wildman–Crippen LogP) is 0.251. The van der Waals surface area contributed by atoms with Gasteiger partial charge in [-0.15, -0.1) is 0 Å². The zero-order valence-corrected chi connectivity index (χ0v) is 11.5. The summed E-state index contributed by atoms with van der Waals surface area (Å²) in [6.45, 7) is 4.08. The molecule has 0 bridgehead atoms. The quantitative estimate of drug-likeness (QED) is 0.692. The Morgan fingerprint density at radius 1 is 1.24 bits per heavy atom. The van der Waals surface area contributed by atoms with Gasteiger partial charge in [0.05, 0.1) is 12.2 Å². The largest absolute Gasteiger partial charge is 0.444 e. The first-order valence-electron chi connectivity index (χ1n) is 6.15. The summed E-state index contributed by atoms with van der Waals surface area (Å²) >= 11 is 0. The molecule has 0 atom stereocenters. The summed E-state index contributed by atoms with van der Waals surface area (Å²) < 4.78 is 6.86. The Morgan fingerprint density at radius 2 is 2.10 bits per heavy atom. The lowest BCUT2D eigenvalue weighted by molar-refractivity contribution is 0.477. The molecule has 3 heterocycles. The first kappa shape index (κ1) is 13.0. The normalized spacial score (nSPS) is 10.8. The highest BCUT2D eigenvalue weighted by Crippen LogP contribution is 2.11. The summed E-state index contributed by atoms with van der Waals surface area (Å²) in [4.78, 5) is 20.3. The molecule has 0 aliphatic carbocycles. The van der Waals surface area contributed by atoms with Crippen LogP contribution in [0.5, 0.6) is 0 Å². The number of nitrogen functional groups attached to an aromatic ring is 1. The van der Waals surface area contributed by atoms with E-state index in [-0.39, 0.29) is 11.9 Å². The minimum atomic E-state index is 0.0813. The van der Waals surface area contributed by atoms with Gasteiger partial charge in [0.2, 0.25) is 17.8 Å². The first-order valence-corrected chi connectivity index (χ1v) is 6.15. The van der Waals surface area contributed by atoms with Crippen molar-refractivity contribution >= 4 is 11.9 Å². The molecule has 3 rings (SSSR count). The van der Waals surface area contributed by atoms with E-state index in [2.05, 4.69) is 35.3 Å². The van der Waals surface area contributed by atoms with Crippen molar-refractivity contribution in [3.05, 3.63) is 30.0 Å². The average molecular weight is 287 g/mol. The van der Waals surface area contributed by atoms with Crippen LogP contribution in [0, 0.1) is 13.8 Å². The zero-order valence-electron chi connectivity index (χ0n) is 11.5. The summed E-state index contributed by atoms with van der Waals surface area (Å²) in [6, 6.07) is 0. The molecule has 0 aliphatic rings. The summed E-state index contributed by atoms with van der Waals surface area (Å²) in [5, 5.41) is 6.93. The molecule has 0 unspecified atom stereocenters. The molecule has 0 fully saturated rings. The molecule has 0 aliphatic heterocycles. The van der Waals surface area contributed by atoms with E-state index in [0.717, 1.165) is 11.5 Å². The fourth-order valence-corrected chi connectivity index (χ4v) is 1.64. The van der Waals surface area contributed by atoms with Crippen LogP contribution in [-0.2, 0) is 6.54 Å². The van der Waals surface area contributed by atoms with Gasteiger partial charge < -0.3 is 15.5 Å². The van der Waals surface area contributed by atoms with Gasteiger partial charge in [-0.1, -0.05) is 0 Å². The van der Waals surface area contributed by atoms with Gasteiger partial charge in [-0.3, -0.25) is 0 Å². The monoisotopic (exact) mass is 287 g/mol. The number of rotatable bonds is 4. The highest BCUT2D eigenvalue weighted by molar-refractivity contribution is 5.34. The zero-order chi connectivity index (χ0) is 14.8. The molecule has 21 heavy (non-hydrogen) atoms. The Hall–Kier alpha value is -3.04. The Morgan fingerprint density at radius 3 is 2.76 bits per heavy atom. The van der Waals surface area contributed by atoms with Gasteiger partial charge in [0.15, 0.2) is 0 Å². The minimum Gasteiger partial charge on any atom is -0.444 e. The molecule has 0 saturated heterocycles. The molecule has 3 aromatic rings. The first-order chi connectivity index (χ1) is 10.1. The standard InChI is InChI=1S/C11H13N9O/c1-6-7(2)21-8(16-6)3-14-10-17-9(12)18-11(19-10)20-5-13-4-15-20/h4-5H,3H2,1-2H3,(H3,12,14,17,18,19).